The second-order valence-corrected chi connectivity index (χ2v) is 4.60. The van der Waals surface area contributed by atoms with E-state index in [1.165, 1.54) is 37.9 Å². The van der Waals surface area contributed by atoms with E-state index in [0.717, 1.165) is 17.8 Å². The number of hydrogen-bond acceptors (Lipinski definition) is 1. The van der Waals surface area contributed by atoms with Gasteiger partial charge in [-0.25, -0.2) is 4.98 Å². The highest BCUT2D eigenvalue weighted by Crippen LogP contribution is 2.48. The van der Waals surface area contributed by atoms with Crippen molar-refractivity contribution in [1.82, 2.24) is 9.97 Å². The normalized spacial score (nSPS) is 38.0. The maximum absolute atomic E-state index is 4.40. The van der Waals surface area contributed by atoms with Crippen molar-refractivity contribution in [2.45, 2.75) is 38.0 Å². The van der Waals surface area contributed by atoms with Gasteiger partial charge in [-0.15, -0.1) is 0 Å². The second kappa shape index (κ2) is 2.86. The average molecular weight is 176 g/mol. The summed E-state index contributed by atoms with van der Waals surface area (Å²) in [6, 6.07) is 0. The third-order valence-corrected chi connectivity index (χ3v) is 3.92. The molecule has 1 aromatic rings. The molecule has 3 aliphatic rings. The fraction of sp³-hybridized carbons (Fsp3) is 0.727. The summed E-state index contributed by atoms with van der Waals surface area (Å²) in [4.78, 5) is 7.68. The van der Waals surface area contributed by atoms with Gasteiger partial charge < -0.3 is 4.98 Å². The van der Waals surface area contributed by atoms with Gasteiger partial charge in [0, 0.05) is 18.3 Å². The number of aromatic nitrogens is 2. The summed E-state index contributed by atoms with van der Waals surface area (Å²) in [6.45, 7) is 0. The minimum atomic E-state index is 0.752. The fourth-order valence-electron chi connectivity index (χ4n) is 3.19. The smallest absolute Gasteiger partial charge is 0.109 e. The molecule has 1 heterocycles. The lowest BCUT2D eigenvalue weighted by Crippen LogP contribution is -2.30. The van der Waals surface area contributed by atoms with E-state index in [2.05, 4.69) is 9.97 Å². The number of hydrogen-bond donors (Lipinski definition) is 1. The summed E-state index contributed by atoms with van der Waals surface area (Å²) in [5.41, 5.74) is 0. The molecule has 0 saturated heterocycles. The maximum atomic E-state index is 4.40. The molecule has 2 bridgehead atoms. The van der Waals surface area contributed by atoms with E-state index in [1.54, 1.807) is 0 Å². The van der Waals surface area contributed by atoms with Crippen molar-refractivity contribution >= 4 is 0 Å². The van der Waals surface area contributed by atoms with Crippen LogP contribution in [-0.4, -0.2) is 9.97 Å². The minimum absolute atomic E-state index is 0.752. The monoisotopic (exact) mass is 176 g/mol. The van der Waals surface area contributed by atoms with Gasteiger partial charge in [-0.1, -0.05) is 12.8 Å². The van der Waals surface area contributed by atoms with E-state index in [1.807, 2.05) is 12.4 Å². The highest BCUT2D eigenvalue weighted by molar-refractivity contribution is 5.04. The van der Waals surface area contributed by atoms with Crippen molar-refractivity contribution < 1.29 is 0 Å². The minimum Gasteiger partial charge on any atom is -0.348 e. The predicted octanol–water partition coefficient (Wildman–Crippen LogP) is 2.70. The SMILES string of the molecule is c1c[nH]c(C2CC3CCC2CC3)n1. The van der Waals surface area contributed by atoms with E-state index in [-0.39, 0.29) is 0 Å². The molecule has 1 unspecified atom stereocenters. The lowest BCUT2D eigenvalue weighted by molar-refractivity contribution is 0.140. The van der Waals surface area contributed by atoms with E-state index in [9.17, 15) is 0 Å². The molecule has 1 atom stereocenters. The van der Waals surface area contributed by atoms with Crippen molar-refractivity contribution in [1.29, 1.82) is 0 Å². The van der Waals surface area contributed by atoms with Gasteiger partial charge in [0.15, 0.2) is 0 Å². The fourth-order valence-corrected chi connectivity index (χ4v) is 3.19. The molecule has 3 saturated carbocycles. The first kappa shape index (κ1) is 7.60. The van der Waals surface area contributed by atoms with Crippen LogP contribution in [-0.2, 0) is 0 Å². The van der Waals surface area contributed by atoms with Gasteiger partial charge in [0.05, 0.1) is 0 Å². The largest absolute Gasteiger partial charge is 0.348 e. The van der Waals surface area contributed by atoms with Crippen LogP contribution in [0, 0.1) is 11.8 Å². The predicted molar refractivity (Wildman–Crippen MR) is 51.4 cm³/mol. The molecule has 0 aliphatic heterocycles. The van der Waals surface area contributed by atoms with Gasteiger partial charge in [-0.3, -0.25) is 0 Å². The molecule has 2 heteroatoms. The van der Waals surface area contributed by atoms with Crippen LogP contribution in [0.25, 0.3) is 0 Å². The molecule has 1 aromatic heterocycles. The Hall–Kier alpha value is -0.790. The van der Waals surface area contributed by atoms with Crippen molar-refractivity contribution in [3.05, 3.63) is 18.2 Å². The third-order valence-electron chi connectivity index (χ3n) is 3.92. The van der Waals surface area contributed by atoms with Gasteiger partial charge in [-0.05, 0) is 31.1 Å². The van der Waals surface area contributed by atoms with Crippen LogP contribution in [0.15, 0.2) is 12.4 Å². The Morgan fingerprint density at radius 3 is 2.62 bits per heavy atom. The Morgan fingerprint density at radius 2 is 2.08 bits per heavy atom. The van der Waals surface area contributed by atoms with Crippen LogP contribution in [0.1, 0.15) is 43.8 Å². The molecule has 1 N–H and O–H groups in total. The van der Waals surface area contributed by atoms with Crippen molar-refractivity contribution in [3.8, 4) is 0 Å². The molecule has 0 amide bonds. The number of H-pyrrole nitrogens is 1. The summed E-state index contributed by atoms with van der Waals surface area (Å²) in [5.74, 6) is 3.92. The first-order chi connectivity index (χ1) is 6.43. The lowest BCUT2D eigenvalue weighted by atomic mass is 9.64. The standard InChI is InChI=1S/C11H16N2/c1-3-9-4-2-8(1)7-10(9)11-12-5-6-13-11/h5-6,8-10H,1-4,7H2,(H,12,13). The number of imidazole rings is 1. The van der Waals surface area contributed by atoms with Crippen LogP contribution >= 0.6 is 0 Å². The van der Waals surface area contributed by atoms with E-state index < -0.39 is 0 Å². The summed E-state index contributed by atoms with van der Waals surface area (Å²) in [7, 11) is 0. The molecule has 4 rings (SSSR count). The zero-order chi connectivity index (χ0) is 8.67. The summed E-state index contributed by atoms with van der Waals surface area (Å²) < 4.78 is 0. The van der Waals surface area contributed by atoms with Gasteiger partial charge in [0.1, 0.15) is 5.82 Å². The molecule has 0 spiro atoms. The Morgan fingerprint density at radius 1 is 1.23 bits per heavy atom. The molecular formula is C11H16N2. The molecule has 70 valence electrons. The Kier molecular flexibility index (Phi) is 1.67. The zero-order valence-corrected chi connectivity index (χ0v) is 7.87. The zero-order valence-electron chi connectivity index (χ0n) is 7.87. The summed E-state index contributed by atoms with van der Waals surface area (Å²) in [5, 5.41) is 0. The Balaban J connectivity index is 1.85. The number of rotatable bonds is 1. The van der Waals surface area contributed by atoms with Gasteiger partial charge in [-0.2, -0.15) is 0 Å². The van der Waals surface area contributed by atoms with Crippen LogP contribution in [0.2, 0.25) is 0 Å². The average Bonchev–Trinajstić information content (AvgIpc) is 2.72. The molecule has 3 fully saturated rings. The maximum Gasteiger partial charge on any atom is 0.109 e. The van der Waals surface area contributed by atoms with Gasteiger partial charge in [0.25, 0.3) is 0 Å². The summed E-state index contributed by atoms with van der Waals surface area (Å²) in [6.07, 6.45) is 11.1. The summed E-state index contributed by atoms with van der Waals surface area (Å²) >= 11 is 0. The third kappa shape index (κ3) is 1.19. The van der Waals surface area contributed by atoms with Crippen LogP contribution in [0.5, 0.6) is 0 Å². The quantitative estimate of drug-likeness (QED) is 0.700. The number of nitrogens with one attached hydrogen (secondary N) is 1. The molecular weight excluding hydrogens is 160 g/mol. The van der Waals surface area contributed by atoms with Crippen LogP contribution in [0.4, 0.5) is 0 Å². The second-order valence-electron chi connectivity index (χ2n) is 4.60. The van der Waals surface area contributed by atoms with Gasteiger partial charge in [0.2, 0.25) is 0 Å². The van der Waals surface area contributed by atoms with Crippen LogP contribution < -0.4 is 0 Å². The van der Waals surface area contributed by atoms with Crippen molar-refractivity contribution in [3.63, 3.8) is 0 Å². The number of nitrogens with zero attached hydrogens (tertiary/aromatic N) is 1. The molecule has 13 heavy (non-hydrogen) atoms. The number of fused-ring (bicyclic) bond motifs is 3. The number of aromatic amines is 1. The van der Waals surface area contributed by atoms with E-state index in [0.29, 0.717) is 0 Å². The highest BCUT2D eigenvalue weighted by Gasteiger charge is 2.37. The first-order valence-corrected chi connectivity index (χ1v) is 5.43. The first-order valence-electron chi connectivity index (χ1n) is 5.43. The van der Waals surface area contributed by atoms with E-state index in [4.69, 9.17) is 0 Å². The molecule has 3 aliphatic carbocycles. The van der Waals surface area contributed by atoms with Crippen molar-refractivity contribution in [2.75, 3.05) is 0 Å². The topological polar surface area (TPSA) is 28.7 Å². The van der Waals surface area contributed by atoms with Gasteiger partial charge >= 0.3 is 0 Å². The van der Waals surface area contributed by atoms with Crippen LogP contribution in [0.3, 0.4) is 0 Å². The Labute approximate surface area is 78.8 Å². The van der Waals surface area contributed by atoms with Crippen molar-refractivity contribution in [2.24, 2.45) is 11.8 Å². The lowest BCUT2D eigenvalue weighted by Gasteiger charge is -2.41. The Bertz CT molecular complexity index is 270. The molecule has 0 radical (unpaired) electrons. The van der Waals surface area contributed by atoms with E-state index >= 15 is 0 Å². The molecule has 0 aromatic carbocycles. The molecule has 2 nitrogen and oxygen atoms in total. The highest BCUT2D eigenvalue weighted by atomic mass is 14.9.